The predicted molar refractivity (Wildman–Crippen MR) is 43.0 cm³/mol. The molecule has 82 valence electrons. The van der Waals surface area contributed by atoms with Crippen LogP contribution in [0.15, 0.2) is 0 Å². The number of rotatable bonds is 2. The number of carbonyl (C=O) groups is 1. The zero-order valence-corrected chi connectivity index (χ0v) is 7.28. The molecule has 0 aromatic heterocycles. The van der Waals surface area contributed by atoms with Gasteiger partial charge in [-0.3, -0.25) is 4.79 Å². The minimum absolute atomic E-state index is 0.575. The molecule has 7 nitrogen and oxygen atoms in total. The molecular weight excluding hydrogens is 194 g/mol. The van der Waals surface area contributed by atoms with Gasteiger partial charge < -0.3 is 30.9 Å². The van der Waals surface area contributed by atoms with Crippen LogP contribution in [0.2, 0.25) is 0 Å². The third kappa shape index (κ3) is 1.86. The largest absolute Gasteiger partial charge is 0.394 e. The van der Waals surface area contributed by atoms with Crippen LogP contribution in [0.4, 0.5) is 0 Å². The Morgan fingerprint density at radius 3 is 2.21 bits per heavy atom. The van der Waals surface area contributed by atoms with Gasteiger partial charge in [0.1, 0.15) is 24.4 Å². The summed E-state index contributed by atoms with van der Waals surface area (Å²) in [6.07, 6.45) is -7.11. The van der Waals surface area contributed by atoms with Crippen molar-refractivity contribution in [3.05, 3.63) is 0 Å². The summed E-state index contributed by atoms with van der Waals surface area (Å²) in [6, 6.07) is 0. The first-order valence-corrected chi connectivity index (χ1v) is 4.09. The van der Waals surface area contributed by atoms with Crippen LogP contribution in [-0.2, 0) is 9.53 Å². The van der Waals surface area contributed by atoms with Crippen LogP contribution in [0.25, 0.3) is 0 Å². The number of ether oxygens (including phenoxy) is 1. The molecule has 7 heteroatoms. The van der Waals surface area contributed by atoms with Gasteiger partial charge in [0.25, 0.3) is 0 Å². The summed E-state index contributed by atoms with van der Waals surface area (Å²) < 4.78 is 4.81. The minimum Gasteiger partial charge on any atom is -0.394 e. The lowest BCUT2D eigenvalue weighted by atomic mass is 9.95. The van der Waals surface area contributed by atoms with Crippen molar-refractivity contribution in [1.82, 2.24) is 0 Å². The number of aliphatic hydroxyl groups excluding tert-OH is 4. The van der Waals surface area contributed by atoms with E-state index in [9.17, 15) is 20.1 Å². The zero-order valence-electron chi connectivity index (χ0n) is 7.28. The molecule has 1 aliphatic heterocycles. The van der Waals surface area contributed by atoms with Crippen molar-refractivity contribution in [3.8, 4) is 0 Å². The molecule has 1 fully saturated rings. The number of amides is 1. The Labute approximate surface area is 79.7 Å². The van der Waals surface area contributed by atoms with E-state index in [0.717, 1.165) is 0 Å². The Bertz CT molecular complexity index is 220. The Morgan fingerprint density at radius 2 is 1.79 bits per heavy atom. The van der Waals surface area contributed by atoms with Crippen LogP contribution < -0.4 is 5.73 Å². The van der Waals surface area contributed by atoms with Gasteiger partial charge in [-0.15, -0.1) is 0 Å². The number of aliphatic hydroxyl groups is 4. The third-order valence-corrected chi connectivity index (χ3v) is 2.17. The Balaban J connectivity index is 2.78. The standard InChI is InChI=1S/C7H13NO6/c8-7(13)6-5(12)4(11)3(10)2(1-9)14-6/h2-6,9-12H,1H2,(H2,8,13)/t2?,3?,4?,5?,6-/m1/s1. The molecule has 1 aliphatic rings. The van der Waals surface area contributed by atoms with Gasteiger partial charge >= 0.3 is 0 Å². The quantitative estimate of drug-likeness (QED) is 0.316. The first kappa shape index (κ1) is 11.3. The van der Waals surface area contributed by atoms with Gasteiger partial charge in [-0.25, -0.2) is 0 Å². The predicted octanol–water partition coefficient (Wildman–Crippen LogP) is -3.69. The van der Waals surface area contributed by atoms with Crippen LogP contribution >= 0.6 is 0 Å². The molecule has 14 heavy (non-hydrogen) atoms. The summed E-state index contributed by atoms with van der Waals surface area (Å²) in [6.45, 7) is -0.575. The highest BCUT2D eigenvalue weighted by Gasteiger charge is 2.45. The number of nitrogens with two attached hydrogens (primary N) is 1. The molecular formula is C7H13NO6. The summed E-state index contributed by atoms with van der Waals surface area (Å²) in [4.78, 5) is 10.7. The van der Waals surface area contributed by atoms with Gasteiger partial charge in [-0.2, -0.15) is 0 Å². The second-order valence-corrected chi connectivity index (χ2v) is 3.15. The van der Waals surface area contributed by atoms with Gasteiger partial charge in [0.15, 0.2) is 6.10 Å². The lowest BCUT2D eigenvalue weighted by Crippen LogP contribution is -2.61. The maximum absolute atomic E-state index is 10.7. The van der Waals surface area contributed by atoms with Crippen molar-refractivity contribution in [3.63, 3.8) is 0 Å². The normalized spacial score (nSPS) is 43.6. The van der Waals surface area contributed by atoms with Crippen molar-refractivity contribution in [2.45, 2.75) is 30.5 Å². The highest BCUT2D eigenvalue weighted by Crippen LogP contribution is 2.20. The van der Waals surface area contributed by atoms with E-state index in [1.165, 1.54) is 0 Å². The minimum atomic E-state index is -1.58. The van der Waals surface area contributed by atoms with Gasteiger partial charge in [-0.1, -0.05) is 0 Å². The molecule has 0 bridgehead atoms. The summed E-state index contributed by atoms with van der Waals surface area (Å²) in [7, 11) is 0. The summed E-state index contributed by atoms with van der Waals surface area (Å²) >= 11 is 0. The van der Waals surface area contributed by atoms with E-state index in [0.29, 0.717) is 0 Å². The smallest absolute Gasteiger partial charge is 0.249 e. The van der Waals surface area contributed by atoms with E-state index in [2.05, 4.69) is 0 Å². The van der Waals surface area contributed by atoms with Gasteiger partial charge in [-0.05, 0) is 0 Å². The molecule has 6 N–H and O–H groups in total. The van der Waals surface area contributed by atoms with E-state index < -0.39 is 43.0 Å². The SMILES string of the molecule is NC(=O)[C@@H]1OC(CO)C(O)C(O)C1O. The molecule has 4 unspecified atom stereocenters. The molecule has 0 radical (unpaired) electrons. The van der Waals surface area contributed by atoms with Crippen LogP contribution in [0.1, 0.15) is 0 Å². The van der Waals surface area contributed by atoms with E-state index in [1.807, 2.05) is 0 Å². The number of hydrogen-bond donors (Lipinski definition) is 5. The summed E-state index contributed by atoms with van der Waals surface area (Å²) in [5, 5.41) is 36.5. The van der Waals surface area contributed by atoms with Crippen molar-refractivity contribution in [1.29, 1.82) is 0 Å². The average Bonchev–Trinajstić information content (AvgIpc) is 2.14. The summed E-state index contributed by atoms with van der Waals surface area (Å²) in [5.41, 5.74) is 4.88. The van der Waals surface area contributed by atoms with Crippen LogP contribution in [0.3, 0.4) is 0 Å². The highest BCUT2D eigenvalue weighted by atomic mass is 16.5. The maximum atomic E-state index is 10.7. The number of hydrogen-bond acceptors (Lipinski definition) is 6. The average molecular weight is 207 g/mol. The monoisotopic (exact) mass is 207 g/mol. The summed E-state index contributed by atoms with van der Waals surface area (Å²) in [5.74, 6) is -0.957. The van der Waals surface area contributed by atoms with Crippen molar-refractivity contribution < 1.29 is 30.0 Å². The van der Waals surface area contributed by atoms with Crippen molar-refractivity contribution in [2.24, 2.45) is 5.73 Å². The number of carbonyl (C=O) groups excluding carboxylic acids is 1. The first-order valence-electron chi connectivity index (χ1n) is 4.09. The fourth-order valence-electron chi connectivity index (χ4n) is 1.34. The van der Waals surface area contributed by atoms with Gasteiger partial charge in [0.05, 0.1) is 6.61 Å². The maximum Gasteiger partial charge on any atom is 0.249 e. The van der Waals surface area contributed by atoms with E-state index in [1.54, 1.807) is 0 Å². The van der Waals surface area contributed by atoms with Crippen LogP contribution in [0, 0.1) is 0 Å². The van der Waals surface area contributed by atoms with Crippen molar-refractivity contribution in [2.75, 3.05) is 6.61 Å². The first-order chi connectivity index (χ1) is 6.49. The molecule has 1 heterocycles. The fraction of sp³-hybridized carbons (Fsp3) is 0.857. The highest BCUT2D eigenvalue weighted by molar-refractivity contribution is 5.79. The zero-order chi connectivity index (χ0) is 10.9. The lowest BCUT2D eigenvalue weighted by Gasteiger charge is -2.38. The van der Waals surface area contributed by atoms with Crippen molar-refractivity contribution >= 4 is 5.91 Å². The second kappa shape index (κ2) is 4.20. The van der Waals surface area contributed by atoms with Crippen LogP contribution in [-0.4, -0.2) is 63.5 Å². The molecule has 1 rings (SSSR count). The topological polar surface area (TPSA) is 133 Å². The molecule has 1 saturated heterocycles. The molecule has 0 aromatic carbocycles. The van der Waals surface area contributed by atoms with Gasteiger partial charge in [0.2, 0.25) is 5.91 Å². The number of primary amides is 1. The molecule has 0 aromatic rings. The van der Waals surface area contributed by atoms with E-state index in [4.69, 9.17) is 15.6 Å². The molecule has 0 aliphatic carbocycles. The molecule has 0 spiro atoms. The third-order valence-electron chi connectivity index (χ3n) is 2.17. The second-order valence-electron chi connectivity index (χ2n) is 3.15. The lowest BCUT2D eigenvalue weighted by molar-refractivity contribution is -0.225. The molecule has 1 amide bonds. The Kier molecular flexibility index (Phi) is 3.40. The molecule has 5 atom stereocenters. The Morgan fingerprint density at radius 1 is 1.21 bits per heavy atom. The van der Waals surface area contributed by atoms with Crippen LogP contribution in [0.5, 0.6) is 0 Å². The molecule has 0 saturated carbocycles. The Hall–Kier alpha value is -0.730. The van der Waals surface area contributed by atoms with E-state index >= 15 is 0 Å². The van der Waals surface area contributed by atoms with Gasteiger partial charge in [0, 0.05) is 0 Å². The fourth-order valence-corrected chi connectivity index (χ4v) is 1.34. The van der Waals surface area contributed by atoms with E-state index in [-0.39, 0.29) is 0 Å².